The highest BCUT2D eigenvalue weighted by molar-refractivity contribution is 5.78. The molecule has 1 aliphatic carbocycles. The van der Waals surface area contributed by atoms with Gasteiger partial charge in [-0.1, -0.05) is 60.7 Å². The monoisotopic (exact) mass is 235 g/mol. The summed E-state index contributed by atoms with van der Waals surface area (Å²) < 4.78 is 0. The van der Waals surface area contributed by atoms with Crippen molar-refractivity contribution in [1.29, 1.82) is 0 Å². The minimum atomic E-state index is 0.300. The van der Waals surface area contributed by atoms with Gasteiger partial charge < -0.3 is 5.32 Å². The van der Waals surface area contributed by atoms with E-state index in [1.54, 1.807) is 0 Å². The first kappa shape index (κ1) is 11.2. The summed E-state index contributed by atoms with van der Waals surface area (Å²) in [5, 5.41) is 3.59. The maximum absolute atomic E-state index is 3.97. The molecule has 18 heavy (non-hydrogen) atoms. The van der Waals surface area contributed by atoms with Crippen LogP contribution in [0, 0.1) is 0 Å². The smallest absolute Gasteiger partial charge is 0.0591 e. The zero-order valence-corrected chi connectivity index (χ0v) is 10.6. The van der Waals surface area contributed by atoms with E-state index in [1.165, 1.54) is 22.3 Å². The van der Waals surface area contributed by atoms with Gasteiger partial charge in [0.2, 0.25) is 0 Å². The van der Waals surface area contributed by atoms with Crippen molar-refractivity contribution in [3.05, 3.63) is 71.8 Å². The standard InChI is InChI=1S/C17H17N/c1-12(2)11-18-17-15-9-5-3-7-13(15)14-8-4-6-10-16(14)17/h3-10,17-18H,1,11H2,2H3. The molecule has 1 nitrogen and oxygen atoms in total. The number of hydrogen-bond donors (Lipinski definition) is 1. The van der Waals surface area contributed by atoms with Crippen molar-refractivity contribution in [3.63, 3.8) is 0 Å². The number of benzene rings is 2. The van der Waals surface area contributed by atoms with Gasteiger partial charge in [0.1, 0.15) is 0 Å². The molecular formula is C17H17N. The third kappa shape index (κ3) is 1.77. The summed E-state index contributed by atoms with van der Waals surface area (Å²) in [4.78, 5) is 0. The van der Waals surface area contributed by atoms with Crippen molar-refractivity contribution in [2.45, 2.75) is 13.0 Å². The second kappa shape index (κ2) is 4.43. The Bertz CT molecular complexity index is 553. The van der Waals surface area contributed by atoms with Gasteiger partial charge in [-0.25, -0.2) is 0 Å². The maximum atomic E-state index is 3.97. The zero-order valence-electron chi connectivity index (χ0n) is 10.6. The molecule has 0 unspecified atom stereocenters. The third-order valence-corrected chi connectivity index (χ3v) is 3.44. The molecule has 0 bridgehead atoms. The molecule has 1 heteroatoms. The summed E-state index contributed by atoms with van der Waals surface area (Å²) in [6.07, 6.45) is 0. The molecule has 1 aliphatic rings. The van der Waals surface area contributed by atoms with E-state index in [-0.39, 0.29) is 0 Å². The zero-order chi connectivity index (χ0) is 12.5. The van der Waals surface area contributed by atoms with E-state index in [0.717, 1.165) is 12.1 Å². The van der Waals surface area contributed by atoms with Crippen LogP contribution in [0.15, 0.2) is 60.7 Å². The molecule has 0 atom stereocenters. The normalized spacial score (nSPS) is 13.2. The molecule has 2 aromatic carbocycles. The van der Waals surface area contributed by atoms with E-state index in [0.29, 0.717) is 6.04 Å². The fraction of sp³-hybridized carbons (Fsp3) is 0.176. The first-order chi connectivity index (χ1) is 8.77. The molecule has 0 amide bonds. The Balaban J connectivity index is 2.06. The molecule has 0 saturated heterocycles. The van der Waals surface area contributed by atoms with E-state index in [9.17, 15) is 0 Å². The van der Waals surface area contributed by atoms with Gasteiger partial charge in [0.05, 0.1) is 6.04 Å². The predicted octanol–water partition coefficient (Wildman–Crippen LogP) is 3.92. The number of rotatable bonds is 3. The van der Waals surface area contributed by atoms with Crippen LogP contribution in [-0.2, 0) is 0 Å². The van der Waals surface area contributed by atoms with E-state index >= 15 is 0 Å². The summed E-state index contributed by atoms with van der Waals surface area (Å²) in [5.41, 5.74) is 6.62. The SMILES string of the molecule is C=C(C)CNC1c2ccccc2-c2ccccc21. The van der Waals surface area contributed by atoms with Crippen molar-refractivity contribution in [3.8, 4) is 11.1 Å². The molecule has 0 fully saturated rings. The Morgan fingerprint density at radius 3 is 2.00 bits per heavy atom. The lowest BCUT2D eigenvalue weighted by molar-refractivity contribution is 0.653. The van der Waals surface area contributed by atoms with Crippen LogP contribution in [0.1, 0.15) is 24.1 Å². The molecule has 0 aromatic heterocycles. The molecule has 2 aromatic rings. The highest BCUT2D eigenvalue weighted by Crippen LogP contribution is 2.42. The Hall–Kier alpha value is -1.86. The van der Waals surface area contributed by atoms with Gasteiger partial charge in [0, 0.05) is 6.54 Å². The summed E-state index contributed by atoms with van der Waals surface area (Å²) in [7, 11) is 0. The second-order valence-electron chi connectivity index (χ2n) is 4.95. The molecular weight excluding hydrogens is 218 g/mol. The van der Waals surface area contributed by atoms with E-state index in [1.807, 2.05) is 0 Å². The van der Waals surface area contributed by atoms with Gasteiger partial charge in [-0.3, -0.25) is 0 Å². The van der Waals surface area contributed by atoms with Gasteiger partial charge in [-0.15, -0.1) is 0 Å². The molecule has 0 aliphatic heterocycles. The van der Waals surface area contributed by atoms with Crippen LogP contribution in [0.4, 0.5) is 0 Å². The average Bonchev–Trinajstić information content (AvgIpc) is 2.71. The Labute approximate surface area is 108 Å². The van der Waals surface area contributed by atoms with Gasteiger partial charge in [0.25, 0.3) is 0 Å². The van der Waals surface area contributed by atoms with Crippen LogP contribution >= 0.6 is 0 Å². The first-order valence-electron chi connectivity index (χ1n) is 6.33. The van der Waals surface area contributed by atoms with Gasteiger partial charge in [-0.2, -0.15) is 0 Å². The molecule has 90 valence electrons. The van der Waals surface area contributed by atoms with Gasteiger partial charge in [-0.05, 0) is 29.2 Å². The average molecular weight is 235 g/mol. The van der Waals surface area contributed by atoms with E-state index in [2.05, 4.69) is 67.4 Å². The number of fused-ring (bicyclic) bond motifs is 3. The molecule has 0 saturated carbocycles. The van der Waals surface area contributed by atoms with Crippen molar-refractivity contribution in [2.75, 3.05) is 6.54 Å². The predicted molar refractivity (Wildman–Crippen MR) is 76.5 cm³/mol. The Morgan fingerprint density at radius 2 is 1.50 bits per heavy atom. The van der Waals surface area contributed by atoms with Crippen molar-refractivity contribution >= 4 is 0 Å². The summed E-state index contributed by atoms with van der Waals surface area (Å²) in [6, 6.07) is 17.6. The molecule has 0 spiro atoms. The Kier molecular flexibility index (Phi) is 2.77. The summed E-state index contributed by atoms with van der Waals surface area (Å²) in [6.45, 7) is 6.88. The van der Waals surface area contributed by atoms with Crippen LogP contribution in [0.3, 0.4) is 0 Å². The quantitative estimate of drug-likeness (QED) is 0.795. The van der Waals surface area contributed by atoms with Crippen molar-refractivity contribution < 1.29 is 0 Å². The van der Waals surface area contributed by atoms with Crippen LogP contribution in [0.2, 0.25) is 0 Å². The lowest BCUT2D eigenvalue weighted by Crippen LogP contribution is -2.22. The van der Waals surface area contributed by atoms with Crippen LogP contribution < -0.4 is 5.32 Å². The summed E-state index contributed by atoms with van der Waals surface area (Å²) >= 11 is 0. The minimum Gasteiger partial charge on any atom is -0.302 e. The van der Waals surface area contributed by atoms with Crippen molar-refractivity contribution in [2.24, 2.45) is 0 Å². The maximum Gasteiger partial charge on any atom is 0.0591 e. The van der Waals surface area contributed by atoms with Gasteiger partial charge >= 0.3 is 0 Å². The third-order valence-electron chi connectivity index (χ3n) is 3.44. The molecule has 1 N–H and O–H groups in total. The van der Waals surface area contributed by atoms with Crippen LogP contribution in [0.5, 0.6) is 0 Å². The summed E-state index contributed by atoms with van der Waals surface area (Å²) in [5.74, 6) is 0. The topological polar surface area (TPSA) is 12.0 Å². The fourth-order valence-corrected chi connectivity index (χ4v) is 2.65. The highest BCUT2D eigenvalue weighted by atomic mass is 14.9. The second-order valence-corrected chi connectivity index (χ2v) is 4.95. The molecule has 0 heterocycles. The highest BCUT2D eigenvalue weighted by Gasteiger charge is 2.27. The lowest BCUT2D eigenvalue weighted by atomic mass is 10.1. The molecule has 0 radical (unpaired) electrons. The molecule has 3 rings (SSSR count). The number of hydrogen-bond acceptors (Lipinski definition) is 1. The van der Waals surface area contributed by atoms with E-state index < -0.39 is 0 Å². The minimum absolute atomic E-state index is 0.300. The van der Waals surface area contributed by atoms with Gasteiger partial charge in [0.15, 0.2) is 0 Å². The fourth-order valence-electron chi connectivity index (χ4n) is 2.65. The first-order valence-corrected chi connectivity index (χ1v) is 6.33. The van der Waals surface area contributed by atoms with Crippen LogP contribution in [-0.4, -0.2) is 6.54 Å². The van der Waals surface area contributed by atoms with Crippen LogP contribution in [0.25, 0.3) is 11.1 Å². The van der Waals surface area contributed by atoms with Crippen molar-refractivity contribution in [1.82, 2.24) is 5.32 Å². The number of nitrogens with one attached hydrogen (secondary N) is 1. The Morgan fingerprint density at radius 1 is 1.00 bits per heavy atom. The lowest BCUT2D eigenvalue weighted by Gasteiger charge is -2.15. The van der Waals surface area contributed by atoms with E-state index in [4.69, 9.17) is 0 Å². The largest absolute Gasteiger partial charge is 0.302 e.